The van der Waals surface area contributed by atoms with Gasteiger partial charge in [0.15, 0.2) is 0 Å². The number of hydrogen-bond donors (Lipinski definition) is 0. The molecule has 0 aromatic carbocycles. The molecule has 14 heavy (non-hydrogen) atoms. The Kier molecular flexibility index (Phi) is 3.42. The normalized spacial score (nSPS) is 40.2. The Bertz CT molecular complexity index is 260. The Morgan fingerprint density at radius 3 is 2.43 bits per heavy atom. The fourth-order valence-electron chi connectivity index (χ4n) is 1.68. The van der Waals surface area contributed by atoms with Crippen LogP contribution in [-0.4, -0.2) is 53.4 Å². The zero-order valence-electron chi connectivity index (χ0n) is 7.73. The van der Waals surface area contributed by atoms with Crippen LogP contribution in [0, 0.1) is 0 Å². The van der Waals surface area contributed by atoms with Crippen LogP contribution in [0.5, 0.6) is 0 Å². The van der Waals surface area contributed by atoms with E-state index in [1.165, 1.54) is 0 Å². The van der Waals surface area contributed by atoms with Crippen molar-refractivity contribution < 1.29 is 9.09 Å². The molecule has 0 N–H and O–H groups in total. The monoisotopic (exact) mass is 258 g/mol. The van der Waals surface area contributed by atoms with Gasteiger partial charge in [-0.05, 0) is 0 Å². The first kappa shape index (κ1) is 11.2. The Morgan fingerprint density at radius 2 is 2.07 bits per heavy atom. The molecular formula is C7H13Cl2N2O2P. The topological polar surface area (TPSA) is 32.6 Å². The first-order valence-electron chi connectivity index (χ1n) is 4.61. The first-order chi connectivity index (χ1) is 6.72. The van der Waals surface area contributed by atoms with E-state index in [1.54, 1.807) is 4.67 Å². The van der Waals surface area contributed by atoms with Gasteiger partial charge >= 0.3 is 7.67 Å². The average molecular weight is 259 g/mol. The van der Waals surface area contributed by atoms with Gasteiger partial charge in [0.2, 0.25) is 0 Å². The van der Waals surface area contributed by atoms with Crippen molar-refractivity contribution in [1.82, 2.24) is 9.34 Å². The molecule has 0 bridgehead atoms. The summed E-state index contributed by atoms with van der Waals surface area (Å²) < 4.78 is 21.4. The molecule has 2 rings (SSSR count). The van der Waals surface area contributed by atoms with Crippen LogP contribution in [-0.2, 0) is 9.09 Å². The highest BCUT2D eigenvalue weighted by Crippen LogP contribution is 2.65. The number of rotatable bonds is 5. The van der Waals surface area contributed by atoms with Gasteiger partial charge in [-0.25, -0.2) is 9.34 Å². The minimum absolute atomic E-state index is 0.369. The maximum absolute atomic E-state index is 12.4. The highest BCUT2D eigenvalue weighted by atomic mass is 35.5. The van der Waals surface area contributed by atoms with Crippen LogP contribution >= 0.6 is 30.9 Å². The predicted molar refractivity (Wildman–Crippen MR) is 57.1 cm³/mol. The van der Waals surface area contributed by atoms with Crippen LogP contribution in [0.4, 0.5) is 0 Å². The SMILES string of the molecule is O=[P@]1(N(CCCl)CCCl)OC[C@@H]2CN21. The van der Waals surface area contributed by atoms with E-state index in [0.29, 0.717) is 37.5 Å². The molecule has 0 saturated carbocycles. The zero-order valence-corrected chi connectivity index (χ0v) is 10.1. The molecule has 0 aromatic heterocycles. The van der Waals surface area contributed by atoms with E-state index in [2.05, 4.69) is 0 Å². The van der Waals surface area contributed by atoms with Crippen LogP contribution in [0.25, 0.3) is 0 Å². The number of nitrogens with zero attached hydrogens (tertiary/aromatic N) is 2. The summed E-state index contributed by atoms with van der Waals surface area (Å²) in [5.41, 5.74) is 0. The molecule has 3 atom stereocenters. The van der Waals surface area contributed by atoms with Crippen molar-refractivity contribution in [3.8, 4) is 0 Å². The van der Waals surface area contributed by atoms with Crippen molar-refractivity contribution in [2.45, 2.75) is 6.04 Å². The molecule has 4 nitrogen and oxygen atoms in total. The lowest BCUT2D eigenvalue weighted by molar-refractivity contribution is 0.284. The third-order valence-electron chi connectivity index (χ3n) is 2.49. The van der Waals surface area contributed by atoms with E-state index in [4.69, 9.17) is 27.7 Å². The highest BCUT2D eigenvalue weighted by Gasteiger charge is 2.57. The first-order valence-corrected chi connectivity index (χ1v) is 7.21. The predicted octanol–water partition coefficient (Wildman–Crippen LogP) is 1.59. The second-order valence-corrected chi connectivity index (χ2v) is 6.47. The summed E-state index contributed by atoms with van der Waals surface area (Å²) in [6.45, 7) is 2.60. The molecule has 2 heterocycles. The van der Waals surface area contributed by atoms with E-state index in [1.807, 2.05) is 4.67 Å². The highest BCUT2D eigenvalue weighted by molar-refractivity contribution is 7.54. The molecule has 2 aliphatic rings. The van der Waals surface area contributed by atoms with E-state index < -0.39 is 7.67 Å². The quantitative estimate of drug-likeness (QED) is 0.426. The molecule has 0 amide bonds. The summed E-state index contributed by atoms with van der Waals surface area (Å²) in [6, 6.07) is 0.369. The molecule has 82 valence electrons. The molecule has 0 aliphatic carbocycles. The second-order valence-electron chi connectivity index (χ2n) is 3.39. The summed E-state index contributed by atoms with van der Waals surface area (Å²) in [7, 11) is -2.73. The van der Waals surface area contributed by atoms with Gasteiger partial charge < -0.3 is 4.52 Å². The Labute approximate surface area is 93.6 Å². The molecule has 0 aromatic rings. The standard InChI is InChI=1S/C7H13Cl2N2O2P/c8-1-3-10(4-2-9)14(12)11-5-7(11)6-13-14/h7H,1-6H2/t7-,11?,14+/m0/s1. The molecule has 2 fully saturated rings. The second kappa shape index (κ2) is 4.28. The third-order valence-corrected chi connectivity index (χ3v) is 5.57. The summed E-state index contributed by atoms with van der Waals surface area (Å²) in [5, 5.41) is 0. The lowest BCUT2D eigenvalue weighted by Crippen LogP contribution is -2.27. The average Bonchev–Trinajstić information content (AvgIpc) is 2.88. The lowest BCUT2D eigenvalue weighted by Gasteiger charge is -2.27. The maximum Gasteiger partial charge on any atom is 0.346 e. The summed E-state index contributed by atoms with van der Waals surface area (Å²) in [4.78, 5) is 0. The van der Waals surface area contributed by atoms with Crippen molar-refractivity contribution >= 4 is 30.9 Å². The minimum atomic E-state index is -2.73. The molecule has 0 radical (unpaired) electrons. The third kappa shape index (κ3) is 1.84. The van der Waals surface area contributed by atoms with Gasteiger partial charge in [-0.3, -0.25) is 4.57 Å². The Balaban J connectivity index is 2.05. The number of halogens is 2. The van der Waals surface area contributed by atoms with E-state index in [0.717, 1.165) is 6.54 Å². The molecule has 2 aliphatic heterocycles. The maximum atomic E-state index is 12.4. The van der Waals surface area contributed by atoms with Crippen LogP contribution in [0.3, 0.4) is 0 Å². The lowest BCUT2D eigenvalue weighted by atomic mass is 10.5. The van der Waals surface area contributed by atoms with Gasteiger partial charge in [-0.2, -0.15) is 0 Å². The van der Waals surface area contributed by atoms with Crippen LogP contribution < -0.4 is 0 Å². The Morgan fingerprint density at radius 1 is 1.43 bits per heavy atom. The fraction of sp³-hybridized carbons (Fsp3) is 1.00. The summed E-state index contributed by atoms with van der Waals surface area (Å²) in [6.07, 6.45) is 0. The summed E-state index contributed by atoms with van der Waals surface area (Å²) >= 11 is 11.3. The van der Waals surface area contributed by atoms with Crippen LogP contribution in [0.15, 0.2) is 0 Å². The molecule has 7 heteroatoms. The van der Waals surface area contributed by atoms with Crippen molar-refractivity contribution in [1.29, 1.82) is 0 Å². The van der Waals surface area contributed by atoms with Gasteiger partial charge in [0, 0.05) is 31.4 Å². The number of hydrogen-bond acceptors (Lipinski definition) is 2. The van der Waals surface area contributed by atoms with E-state index >= 15 is 0 Å². The molecule has 0 spiro atoms. The molecule has 1 unspecified atom stereocenters. The number of alkyl halides is 2. The minimum Gasteiger partial charge on any atom is -0.304 e. The smallest absolute Gasteiger partial charge is 0.304 e. The Hall–Kier alpha value is 0.690. The van der Waals surface area contributed by atoms with Crippen molar-refractivity contribution in [2.24, 2.45) is 0 Å². The van der Waals surface area contributed by atoms with Crippen molar-refractivity contribution in [3.05, 3.63) is 0 Å². The van der Waals surface area contributed by atoms with Gasteiger partial charge in [0.25, 0.3) is 0 Å². The van der Waals surface area contributed by atoms with Crippen LogP contribution in [0.1, 0.15) is 0 Å². The molecule has 2 saturated heterocycles. The number of fused-ring (bicyclic) bond motifs is 1. The largest absolute Gasteiger partial charge is 0.346 e. The van der Waals surface area contributed by atoms with Gasteiger partial charge in [-0.1, -0.05) is 0 Å². The fourth-order valence-corrected chi connectivity index (χ4v) is 4.90. The van der Waals surface area contributed by atoms with Gasteiger partial charge in [-0.15, -0.1) is 23.2 Å². The van der Waals surface area contributed by atoms with E-state index in [9.17, 15) is 4.57 Å². The van der Waals surface area contributed by atoms with Crippen LogP contribution in [0.2, 0.25) is 0 Å². The van der Waals surface area contributed by atoms with Crippen molar-refractivity contribution in [2.75, 3.05) is 38.0 Å². The van der Waals surface area contributed by atoms with E-state index in [-0.39, 0.29) is 0 Å². The zero-order chi connectivity index (χ0) is 10.2. The van der Waals surface area contributed by atoms with Crippen molar-refractivity contribution in [3.63, 3.8) is 0 Å². The van der Waals surface area contributed by atoms with Gasteiger partial charge in [0.05, 0.1) is 12.6 Å². The summed E-state index contributed by atoms with van der Waals surface area (Å²) in [5.74, 6) is 0.894. The van der Waals surface area contributed by atoms with Gasteiger partial charge in [0.1, 0.15) is 0 Å². The molecular weight excluding hydrogens is 246 g/mol.